The van der Waals surface area contributed by atoms with E-state index in [1.165, 1.54) is 43.0 Å². The molecule has 1 aliphatic heterocycles. The first kappa shape index (κ1) is 21.6. The quantitative estimate of drug-likeness (QED) is 0.710. The molecular formula is C19H18ClFN2O4S2. The van der Waals surface area contributed by atoms with Crippen molar-refractivity contribution in [3.63, 3.8) is 0 Å². The van der Waals surface area contributed by atoms with Crippen molar-refractivity contribution in [3.8, 4) is 0 Å². The molecule has 0 saturated carbocycles. The highest BCUT2D eigenvalue weighted by molar-refractivity contribution is 7.99. The van der Waals surface area contributed by atoms with Crippen molar-refractivity contribution >= 4 is 56.4 Å². The predicted octanol–water partition coefficient (Wildman–Crippen LogP) is 3.96. The topological polar surface area (TPSA) is 92.3 Å². The first-order valence-corrected chi connectivity index (χ1v) is 11.7. The van der Waals surface area contributed by atoms with E-state index < -0.39 is 33.2 Å². The summed E-state index contributed by atoms with van der Waals surface area (Å²) in [5.41, 5.74) is 0.368. The second-order valence-corrected chi connectivity index (χ2v) is 10.2. The summed E-state index contributed by atoms with van der Waals surface area (Å²) in [6.45, 7) is 1.45. The molecule has 2 amide bonds. The minimum atomic E-state index is -3.81. The lowest BCUT2D eigenvalue weighted by atomic mass is 10.2. The average molecular weight is 457 g/mol. The van der Waals surface area contributed by atoms with Crippen LogP contribution in [0.3, 0.4) is 0 Å². The van der Waals surface area contributed by atoms with Gasteiger partial charge < -0.3 is 10.6 Å². The van der Waals surface area contributed by atoms with Crippen molar-refractivity contribution in [2.75, 3.05) is 22.1 Å². The lowest BCUT2D eigenvalue weighted by Gasteiger charge is -2.14. The van der Waals surface area contributed by atoms with E-state index in [-0.39, 0.29) is 21.5 Å². The van der Waals surface area contributed by atoms with Crippen molar-refractivity contribution in [2.45, 2.75) is 23.1 Å². The number of nitrogens with one attached hydrogen (secondary N) is 2. The molecule has 2 aromatic carbocycles. The van der Waals surface area contributed by atoms with E-state index >= 15 is 0 Å². The fraction of sp³-hybridized carbons (Fsp3) is 0.263. The molecule has 0 bridgehead atoms. The fourth-order valence-corrected chi connectivity index (χ4v) is 5.41. The largest absolute Gasteiger partial charge is 0.325 e. The van der Waals surface area contributed by atoms with Crippen LogP contribution in [0.1, 0.15) is 13.3 Å². The summed E-state index contributed by atoms with van der Waals surface area (Å²) in [5.74, 6) is -2.30. The third-order valence-corrected chi connectivity index (χ3v) is 7.50. The Labute approximate surface area is 177 Å². The van der Waals surface area contributed by atoms with E-state index in [1.807, 2.05) is 0 Å². The van der Waals surface area contributed by atoms with Crippen LogP contribution in [-0.4, -0.2) is 31.7 Å². The normalized spacial score (nSPS) is 15.1. The second-order valence-electron chi connectivity index (χ2n) is 6.60. The summed E-state index contributed by atoms with van der Waals surface area (Å²) < 4.78 is 39.4. The molecular weight excluding hydrogens is 439 g/mol. The van der Waals surface area contributed by atoms with Crippen LogP contribution in [0.15, 0.2) is 46.2 Å². The summed E-state index contributed by atoms with van der Waals surface area (Å²) in [6, 6.07) is 8.30. The maximum atomic E-state index is 13.8. The van der Waals surface area contributed by atoms with Gasteiger partial charge in [-0.2, -0.15) is 0 Å². The Kier molecular flexibility index (Phi) is 6.50. The number of hydrogen-bond donors (Lipinski definition) is 2. The van der Waals surface area contributed by atoms with Gasteiger partial charge in [0.05, 0.1) is 22.0 Å². The molecule has 154 valence electrons. The SMILES string of the molecule is CC(CS(=O)(=O)c1ccc2c(c1)NC(=O)CCS2)C(=O)Nc1ccc(Cl)cc1F. The molecule has 3 rings (SSSR count). The van der Waals surface area contributed by atoms with E-state index in [2.05, 4.69) is 10.6 Å². The number of fused-ring (bicyclic) bond motifs is 1. The van der Waals surface area contributed by atoms with Crippen molar-refractivity contribution in [3.05, 3.63) is 47.2 Å². The molecule has 2 N–H and O–H groups in total. The number of anilines is 2. The summed E-state index contributed by atoms with van der Waals surface area (Å²) in [6.07, 6.45) is 0.347. The molecule has 0 radical (unpaired) electrons. The second kappa shape index (κ2) is 8.73. The molecule has 1 heterocycles. The number of sulfone groups is 1. The van der Waals surface area contributed by atoms with Crippen LogP contribution in [0.5, 0.6) is 0 Å². The van der Waals surface area contributed by atoms with Gasteiger partial charge in [-0.15, -0.1) is 11.8 Å². The van der Waals surface area contributed by atoms with E-state index in [0.29, 0.717) is 17.9 Å². The number of rotatable bonds is 5. The van der Waals surface area contributed by atoms with Gasteiger partial charge in [-0.25, -0.2) is 12.8 Å². The summed E-state index contributed by atoms with van der Waals surface area (Å²) in [4.78, 5) is 24.9. The molecule has 10 heteroatoms. The highest BCUT2D eigenvalue weighted by Crippen LogP contribution is 2.33. The molecule has 6 nitrogen and oxygen atoms in total. The number of carbonyl (C=O) groups excluding carboxylic acids is 2. The molecule has 1 unspecified atom stereocenters. The van der Waals surface area contributed by atoms with E-state index in [9.17, 15) is 22.4 Å². The Morgan fingerprint density at radius 1 is 1.31 bits per heavy atom. The van der Waals surface area contributed by atoms with Crippen LogP contribution < -0.4 is 10.6 Å². The zero-order valence-electron chi connectivity index (χ0n) is 15.4. The van der Waals surface area contributed by atoms with Gasteiger partial charge in [0.15, 0.2) is 9.84 Å². The van der Waals surface area contributed by atoms with Crippen LogP contribution in [0.4, 0.5) is 15.8 Å². The van der Waals surface area contributed by atoms with Crippen LogP contribution >= 0.6 is 23.4 Å². The van der Waals surface area contributed by atoms with Gasteiger partial charge in [-0.3, -0.25) is 9.59 Å². The minimum Gasteiger partial charge on any atom is -0.325 e. The number of thioether (sulfide) groups is 1. The highest BCUT2D eigenvalue weighted by atomic mass is 35.5. The standard InChI is InChI=1S/C19H18ClFN2O4S2/c1-11(19(25)23-15-4-2-12(20)8-14(15)21)10-29(26,27)13-3-5-17-16(9-13)22-18(24)6-7-28-17/h2-5,8-9,11H,6-7,10H2,1H3,(H,22,24)(H,23,25). The van der Waals surface area contributed by atoms with Crippen LogP contribution in [0, 0.1) is 11.7 Å². The maximum absolute atomic E-state index is 13.8. The van der Waals surface area contributed by atoms with Gasteiger partial charge in [0.2, 0.25) is 11.8 Å². The molecule has 29 heavy (non-hydrogen) atoms. The molecule has 2 aromatic rings. The molecule has 1 aliphatic rings. The molecule has 1 atom stereocenters. The van der Waals surface area contributed by atoms with Gasteiger partial charge in [0.1, 0.15) is 5.82 Å². The average Bonchev–Trinajstić information content (AvgIpc) is 2.83. The van der Waals surface area contributed by atoms with Gasteiger partial charge >= 0.3 is 0 Å². The van der Waals surface area contributed by atoms with Crippen LogP contribution in [0.2, 0.25) is 5.02 Å². The van der Waals surface area contributed by atoms with Crippen molar-refractivity contribution < 1.29 is 22.4 Å². The van der Waals surface area contributed by atoms with E-state index in [4.69, 9.17) is 11.6 Å². The predicted molar refractivity (Wildman–Crippen MR) is 112 cm³/mol. The number of hydrogen-bond acceptors (Lipinski definition) is 5. The lowest BCUT2D eigenvalue weighted by molar-refractivity contribution is -0.119. The Hall–Kier alpha value is -2.10. The number of amides is 2. The smallest absolute Gasteiger partial charge is 0.228 e. The molecule has 0 spiro atoms. The lowest BCUT2D eigenvalue weighted by Crippen LogP contribution is -2.27. The van der Waals surface area contributed by atoms with Crippen molar-refractivity contribution in [1.29, 1.82) is 0 Å². The summed E-state index contributed by atoms with van der Waals surface area (Å²) in [7, 11) is -3.81. The molecule has 0 saturated heterocycles. The zero-order chi connectivity index (χ0) is 21.2. The van der Waals surface area contributed by atoms with Gasteiger partial charge in [0.25, 0.3) is 0 Å². The Bertz CT molecular complexity index is 1080. The number of halogens is 2. The molecule has 0 fully saturated rings. The molecule has 0 aliphatic carbocycles. The first-order chi connectivity index (χ1) is 13.7. The Morgan fingerprint density at radius 2 is 2.07 bits per heavy atom. The Morgan fingerprint density at radius 3 is 2.79 bits per heavy atom. The van der Waals surface area contributed by atoms with E-state index in [0.717, 1.165) is 11.0 Å². The third-order valence-electron chi connectivity index (χ3n) is 4.28. The van der Waals surface area contributed by atoms with Gasteiger partial charge in [-0.1, -0.05) is 18.5 Å². The molecule has 0 aromatic heterocycles. The Balaban J connectivity index is 1.74. The maximum Gasteiger partial charge on any atom is 0.228 e. The third kappa shape index (κ3) is 5.29. The summed E-state index contributed by atoms with van der Waals surface area (Å²) >= 11 is 7.15. The minimum absolute atomic E-state index is 0.0105. The van der Waals surface area contributed by atoms with Gasteiger partial charge in [0, 0.05) is 28.0 Å². The number of benzene rings is 2. The first-order valence-electron chi connectivity index (χ1n) is 8.71. The monoisotopic (exact) mass is 456 g/mol. The highest BCUT2D eigenvalue weighted by Gasteiger charge is 2.25. The number of carbonyl (C=O) groups is 2. The van der Waals surface area contributed by atoms with Gasteiger partial charge in [-0.05, 0) is 36.4 Å². The fourth-order valence-electron chi connectivity index (χ4n) is 2.74. The van der Waals surface area contributed by atoms with Crippen molar-refractivity contribution in [1.82, 2.24) is 0 Å². The summed E-state index contributed by atoms with van der Waals surface area (Å²) in [5, 5.41) is 5.26. The van der Waals surface area contributed by atoms with Crippen LogP contribution in [-0.2, 0) is 19.4 Å². The van der Waals surface area contributed by atoms with E-state index in [1.54, 1.807) is 6.07 Å². The zero-order valence-corrected chi connectivity index (χ0v) is 17.8. The van der Waals surface area contributed by atoms with Crippen molar-refractivity contribution in [2.24, 2.45) is 5.92 Å². The van der Waals surface area contributed by atoms with Crippen LogP contribution in [0.25, 0.3) is 0 Å².